The van der Waals surface area contributed by atoms with Crippen molar-refractivity contribution >= 4 is 69.2 Å². The molecular formula is C30H37BrClN3O5Si. The molecule has 8 nitrogen and oxygen atoms in total. The first-order valence-electron chi connectivity index (χ1n) is 13.5. The lowest BCUT2D eigenvalue weighted by atomic mass is 9.99. The third-order valence-corrected chi connectivity index (χ3v) is 14.1. The molecule has 0 saturated carbocycles. The number of methoxy groups -OCH3 is 3. The minimum Gasteiger partial charge on any atom is -0.542 e. The van der Waals surface area contributed by atoms with E-state index in [2.05, 4.69) is 59.8 Å². The quantitative estimate of drug-likeness (QED) is 0.154. The van der Waals surface area contributed by atoms with Gasteiger partial charge in [-0.3, -0.25) is 4.79 Å². The Kier molecular flexibility index (Phi) is 7.57. The molecule has 0 aliphatic carbocycles. The number of aromatic amines is 2. The van der Waals surface area contributed by atoms with Gasteiger partial charge >= 0.3 is 0 Å². The third-order valence-electron chi connectivity index (χ3n) is 8.53. The van der Waals surface area contributed by atoms with Gasteiger partial charge in [0.2, 0.25) is 5.75 Å². The minimum absolute atomic E-state index is 0.0107. The molecule has 4 aromatic rings. The van der Waals surface area contributed by atoms with Gasteiger partial charge in [-0.05, 0) is 42.8 Å². The van der Waals surface area contributed by atoms with Gasteiger partial charge in [-0.25, -0.2) is 0 Å². The smallest absolute Gasteiger partial charge is 0.274 e. The maximum Gasteiger partial charge on any atom is 0.274 e. The molecule has 2 N–H and O–H groups in total. The molecule has 1 aliphatic rings. The van der Waals surface area contributed by atoms with E-state index in [0.717, 1.165) is 39.0 Å². The number of anilines is 1. The molecule has 0 spiro atoms. The average Bonchev–Trinajstić information content (AvgIpc) is 3.59. The monoisotopic (exact) mass is 661 g/mol. The van der Waals surface area contributed by atoms with Crippen molar-refractivity contribution in [2.24, 2.45) is 0 Å². The summed E-state index contributed by atoms with van der Waals surface area (Å²) in [5, 5.41) is 3.02. The molecule has 1 aliphatic heterocycles. The van der Waals surface area contributed by atoms with Crippen LogP contribution in [0, 0.1) is 6.92 Å². The number of rotatable bonds is 7. The van der Waals surface area contributed by atoms with E-state index in [9.17, 15) is 4.79 Å². The number of hydrogen-bond donors (Lipinski definition) is 2. The van der Waals surface area contributed by atoms with E-state index in [1.165, 1.54) is 0 Å². The number of fused-ring (bicyclic) bond motifs is 4. The third kappa shape index (κ3) is 4.68. The van der Waals surface area contributed by atoms with E-state index in [1.54, 1.807) is 21.3 Å². The maximum absolute atomic E-state index is 14.2. The second-order valence-electron chi connectivity index (χ2n) is 12.0. The summed E-state index contributed by atoms with van der Waals surface area (Å²) in [7, 11) is 2.48. The largest absolute Gasteiger partial charge is 0.542 e. The van der Waals surface area contributed by atoms with Crippen LogP contribution in [0.15, 0.2) is 18.2 Å². The van der Waals surface area contributed by atoms with E-state index in [4.69, 9.17) is 30.2 Å². The number of aryl methyl sites for hydroxylation is 1. The molecule has 2 aromatic heterocycles. The Hall–Kier alpha value is -2.82. The summed E-state index contributed by atoms with van der Waals surface area (Å²) in [6.07, 6.45) is 0. The number of carbonyl (C=O) groups is 1. The van der Waals surface area contributed by atoms with Crippen LogP contribution in [0.5, 0.6) is 23.0 Å². The highest BCUT2D eigenvalue weighted by molar-refractivity contribution is 9.09. The van der Waals surface area contributed by atoms with Crippen LogP contribution < -0.4 is 23.5 Å². The van der Waals surface area contributed by atoms with Crippen LogP contribution in [0.25, 0.3) is 21.8 Å². The Labute approximate surface area is 254 Å². The van der Waals surface area contributed by atoms with Crippen LogP contribution in [0.4, 0.5) is 5.69 Å². The predicted octanol–water partition coefficient (Wildman–Crippen LogP) is 8.16. The van der Waals surface area contributed by atoms with E-state index in [0.29, 0.717) is 45.4 Å². The number of alkyl halides is 1. The number of aromatic nitrogens is 2. The van der Waals surface area contributed by atoms with Crippen LogP contribution in [-0.4, -0.2) is 57.4 Å². The number of H-pyrrole nitrogens is 2. The molecule has 41 heavy (non-hydrogen) atoms. The number of nitrogens with zero attached hydrogens (tertiary/aromatic N) is 1. The summed E-state index contributed by atoms with van der Waals surface area (Å²) in [5.74, 6) is 2.06. The summed E-state index contributed by atoms with van der Waals surface area (Å²) in [6.45, 7) is 13.5. The SMILES string of the molecule is COc1cc2cc(C(=O)N3CC(CBr)c4c3cc(O[Si](C)(C)C(C)(C)C)c3[nH]c(C)c(Cl)c43)[nH]c2c(OC)c1OC. The average molecular weight is 663 g/mol. The molecule has 0 saturated heterocycles. The summed E-state index contributed by atoms with van der Waals surface area (Å²) >= 11 is 10.6. The first-order chi connectivity index (χ1) is 19.3. The second kappa shape index (κ2) is 10.5. The Balaban J connectivity index is 1.68. The molecule has 11 heteroatoms. The second-order valence-corrected chi connectivity index (χ2v) is 17.8. The first-order valence-corrected chi connectivity index (χ1v) is 17.9. The highest BCUT2D eigenvalue weighted by atomic mass is 79.9. The van der Waals surface area contributed by atoms with Crippen molar-refractivity contribution in [3.05, 3.63) is 40.2 Å². The van der Waals surface area contributed by atoms with E-state index in [1.807, 2.05) is 30.0 Å². The summed E-state index contributed by atoms with van der Waals surface area (Å²) < 4.78 is 23.6. The van der Waals surface area contributed by atoms with Crippen LogP contribution in [-0.2, 0) is 0 Å². The zero-order chi connectivity index (χ0) is 30.0. The summed E-state index contributed by atoms with van der Waals surface area (Å²) in [5.41, 5.74) is 4.69. The molecule has 0 fully saturated rings. The van der Waals surface area contributed by atoms with Crippen molar-refractivity contribution in [3.63, 3.8) is 0 Å². The number of benzene rings is 2. The molecule has 0 radical (unpaired) electrons. The number of hydrogen-bond acceptors (Lipinski definition) is 5. The van der Waals surface area contributed by atoms with Gasteiger partial charge in [0.1, 0.15) is 11.4 Å². The molecule has 5 rings (SSSR count). The normalized spacial score (nSPS) is 15.5. The number of ether oxygens (including phenoxy) is 3. The molecule has 1 atom stereocenters. The van der Waals surface area contributed by atoms with E-state index >= 15 is 0 Å². The van der Waals surface area contributed by atoms with Gasteiger partial charge in [-0.1, -0.05) is 48.3 Å². The minimum atomic E-state index is -2.21. The highest BCUT2D eigenvalue weighted by Crippen LogP contribution is 2.51. The lowest BCUT2D eigenvalue weighted by Gasteiger charge is -2.36. The van der Waals surface area contributed by atoms with Crippen molar-refractivity contribution in [1.29, 1.82) is 0 Å². The van der Waals surface area contributed by atoms with Gasteiger partial charge in [0, 0.05) is 40.3 Å². The molecule has 3 heterocycles. The van der Waals surface area contributed by atoms with Crippen molar-refractivity contribution in [2.75, 3.05) is 38.1 Å². The fraction of sp³-hybridized carbons (Fsp3) is 0.433. The fourth-order valence-electron chi connectivity index (χ4n) is 5.32. The number of amides is 1. The zero-order valence-electron chi connectivity index (χ0n) is 25.0. The maximum atomic E-state index is 14.2. The predicted molar refractivity (Wildman–Crippen MR) is 172 cm³/mol. The Morgan fingerprint density at radius 1 is 1.05 bits per heavy atom. The van der Waals surface area contributed by atoms with Crippen LogP contribution in [0.2, 0.25) is 23.2 Å². The highest BCUT2D eigenvalue weighted by Gasteiger charge is 2.42. The number of carbonyl (C=O) groups excluding carboxylic acids is 1. The molecule has 1 amide bonds. The Morgan fingerprint density at radius 3 is 2.32 bits per heavy atom. The van der Waals surface area contributed by atoms with Gasteiger partial charge in [-0.2, -0.15) is 0 Å². The van der Waals surface area contributed by atoms with Gasteiger partial charge in [0.15, 0.2) is 11.5 Å². The molecule has 2 aromatic carbocycles. The molecule has 220 valence electrons. The van der Waals surface area contributed by atoms with Crippen LogP contribution >= 0.6 is 27.5 Å². The Bertz CT molecular complexity index is 1670. The van der Waals surface area contributed by atoms with Gasteiger partial charge in [-0.15, -0.1) is 0 Å². The fourth-order valence-corrected chi connectivity index (χ4v) is 7.11. The summed E-state index contributed by atoms with van der Waals surface area (Å²) in [4.78, 5) is 22.8. The first kappa shape index (κ1) is 29.7. The van der Waals surface area contributed by atoms with Crippen molar-refractivity contribution in [2.45, 2.75) is 51.7 Å². The molecule has 1 unspecified atom stereocenters. The van der Waals surface area contributed by atoms with Crippen molar-refractivity contribution in [3.8, 4) is 23.0 Å². The van der Waals surface area contributed by atoms with E-state index in [-0.39, 0.29) is 16.9 Å². The standard InChI is InChI=1S/C30H37BrClN3O5Si/c1-15-24(32)23-22-17(13-31)14-35(19(22)12-20(26(23)33-15)40-41(8,9)30(2,3)4)29(36)18-10-16-11-21(37-5)27(38-6)28(39-7)25(16)34-18/h10-12,17,33-34H,13-14H2,1-9H3. The number of halogens is 2. The van der Waals surface area contributed by atoms with Gasteiger partial charge in [0.25, 0.3) is 14.2 Å². The summed E-state index contributed by atoms with van der Waals surface area (Å²) in [6, 6.07) is 5.67. The zero-order valence-corrected chi connectivity index (χ0v) is 28.3. The van der Waals surface area contributed by atoms with E-state index < -0.39 is 8.32 Å². The molecular weight excluding hydrogens is 626 g/mol. The lowest BCUT2D eigenvalue weighted by molar-refractivity contribution is 0.0984. The van der Waals surface area contributed by atoms with Gasteiger partial charge < -0.3 is 33.5 Å². The van der Waals surface area contributed by atoms with Crippen LogP contribution in [0.1, 0.15) is 48.4 Å². The topological polar surface area (TPSA) is 88.8 Å². The van der Waals surface area contributed by atoms with Crippen LogP contribution in [0.3, 0.4) is 0 Å². The van der Waals surface area contributed by atoms with Crippen molar-refractivity contribution in [1.82, 2.24) is 9.97 Å². The Morgan fingerprint density at radius 2 is 1.73 bits per heavy atom. The van der Waals surface area contributed by atoms with Crippen molar-refractivity contribution < 1.29 is 23.4 Å². The number of nitrogens with one attached hydrogen (secondary N) is 2. The lowest BCUT2D eigenvalue weighted by Crippen LogP contribution is -2.44. The molecule has 0 bridgehead atoms. The van der Waals surface area contributed by atoms with Gasteiger partial charge in [0.05, 0.1) is 43.1 Å².